The van der Waals surface area contributed by atoms with Crippen molar-refractivity contribution >= 4 is 22.4 Å². The number of thiazole rings is 1. The molecule has 0 saturated carbocycles. The van der Waals surface area contributed by atoms with Crippen LogP contribution in [0, 0.1) is 0 Å². The molecule has 130 valence electrons. The standard InChI is InChI=1S/C18H25N3O2S/c1-5-13(2)15-8-6-7-9-16(15)23-11-17(22)19-10-14-12-24-18(20-14)21(3)4/h6-9,12-13H,5,10-11H2,1-4H3,(H,19,22). The minimum atomic E-state index is -0.145. The predicted molar refractivity (Wildman–Crippen MR) is 98.9 cm³/mol. The SMILES string of the molecule is CCC(C)c1ccccc1OCC(=O)NCc1csc(N(C)C)n1. The summed E-state index contributed by atoms with van der Waals surface area (Å²) in [4.78, 5) is 18.4. The van der Waals surface area contributed by atoms with Gasteiger partial charge in [-0.05, 0) is 24.0 Å². The average molecular weight is 347 g/mol. The quantitative estimate of drug-likeness (QED) is 0.795. The fourth-order valence-electron chi connectivity index (χ4n) is 2.21. The van der Waals surface area contributed by atoms with Crippen molar-refractivity contribution in [1.82, 2.24) is 10.3 Å². The lowest BCUT2D eigenvalue weighted by Gasteiger charge is -2.15. The van der Waals surface area contributed by atoms with Crippen LogP contribution in [-0.2, 0) is 11.3 Å². The van der Waals surface area contributed by atoms with Gasteiger partial charge in [-0.2, -0.15) is 0 Å². The van der Waals surface area contributed by atoms with Crippen molar-refractivity contribution < 1.29 is 9.53 Å². The molecule has 2 aromatic rings. The van der Waals surface area contributed by atoms with Crippen LogP contribution in [0.4, 0.5) is 5.13 Å². The first-order valence-corrected chi connectivity index (χ1v) is 8.99. The highest BCUT2D eigenvalue weighted by Crippen LogP contribution is 2.28. The van der Waals surface area contributed by atoms with Gasteiger partial charge in [-0.3, -0.25) is 4.79 Å². The van der Waals surface area contributed by atoms with Gasteiger partial charge < -0.3 is 15.0 Å². The predicted octanol–water partition coefficient (Wildman–Crippen LogP) is 3.42. The summed E-state index contributed by atoms with van der Waals surface area (Å²) in [6.07, 6.45) is 1.03. The van der Waals surface area contributed by atoms with Gasteiger partial charge >= 0.3 is 0 Å². The Bertz CT molecular complexity index is 670. The third kappa shape index (κ3) is 4.96. The van der Waals surface area contributed by atoms with Crippen molar-refractivity contribution in [3.63, 3.8) is 0 Å². The van der Waals surface area contributed by atoms with Gasteiger partial charge in [0, 0.05) is 19.5 Å². The van der Waals surface area contributed by atoms with Gasteiger partial charge in [0.1, 0.15) is 5.75 Å². The topological polar surface area (TPSA) is 54.5 Å². The van der Waals surface area contributed by atoms with E-state index in [0.29, 0.717) is 12.5 Å². The van der Waals surface area contributed by atoms with Gasteiger partial charge in [0.25, 0.3) is 5.91 Å². The Morgan fingerprint density at radius 3 is 2.79 bits per heavy atom. The molecule has 0 fully saturated rings. The zero-order valence-electron chi connectivity index (χ0n) is 14.7. The lowest BCUT2D eigenvalue weighted by atomic mass is 9.98. The number of ether oxygens (including phenoxy) is 1. The molecule has 1 unspecified atom stereocenters. The molecule has 1 heterocycles. The third-order valence-electron chi connectivity index (χ3n) is 3.81. The Morgan fingerprint density at radius 1 is 1.38 bits per heavy atom. The monoisotopic (exact) mass is 347 g/mol. The Morgan fingerprint density at radius 2 is 2.12 bits per heavy atom. The van der Waals surface area contributed by atoms with Crippen LogP contribution in [0.15, 0.2) is 29.6 Å². The molecule has 0 aliphatic carbocycles. The van der Waals surface area contributed by atoms with E-state index in [2.05, 4.69) is 30.2 Å². The zero-order chi connectivity index (χ0) is 17.5. The summed E-state index contributed by atoms with van der Waals surface area (Å²) < 4.78 is 5.72. The van der Waals surface area contributed by atoms with E-state index in [1.165, 1.54) is 0 Å². The van der Waals surface area contributed by atoms with Gasteiger partial charge in [-0.1, -0.05) is 32.0 Å². The van der Waals surface area contributed by atoms with E-state index in [0.717, 1.165) is 28.6 Å². The molecule has 1 N–H and O–H groups in total. The third-order valence-corrected chi connectivity index (χ3v) is 4.87. The minimum Gasteiger partial charge on any atom is -0.483 e. The highest BCUT2D eigenvalue weighted by atomic mass is 32.1. The molecule has 1 aromatic heterocycles. The molecular formula is C18H25N3O2S. The number of para-hydroxylation sites is 1. The first kappa shape index (κ1) is 18.3. The van der Waals surface area contributed by atoms with E-state index in [4.69, 9.17) is 4.74 Å². The summed E-state index contributed by atoms with van der Waals surface area (Å²) in [6, 6.07) is 7.90. The van der Waals surface area contributed by atoms with Crippen molar-refractivity contribution in [1.29, 1.82) is 0 Å². The minimum absolute atomic E-state index is 0.0120. The van der Waals surface area contributed by atoms with Gasteiger partial charge in [-0.25, -0.2) is 4.98 Å². The molecule has 1 amide bonds. The van der Waals surface area contributed by atoms with E-state index >= 15 is 0 Å². The molecule has 5 nitrogen and oxygen atoms in total. The lowest BCUT2D eigenvalue weighted by Crippen LogP contribution is -2.28. The maximum atomic E-state index is 12.0. The first-order valence-electron chi connectivity index (χ1n) is 8.11. The first-order chi connectivity index (χ1) is 11.5. The number of rotatable bonds is 8. The van der Waals surface area contributed by atoms with Gasteiger partial charge in [0.15, 0.2) is 11.7 Å². The summed E-state index contributed by atoms with van der Waals surface area (Å²) in [7, 11) is 3.90. The normalized spacial score (nSPS) is 11.8. The highest BCUT2D eigenvalue weighted by Gasteiger charge is 2.11. The zero-order valence-corrected chi connectivity index (χ0v) is 15.5. The number of nitrogens with zero attached hydrogens (tertiary/aromatic N) is 2. The lowest BCUT2D eigenvalue weighted by molar-refractivity contribution is -0.123. The molecule has 1 aromatic carbocycles. The Kier molecular flexibility index (Phi) is 6.61. The van der Waals surface area contributed by atoms with E-state index in [9.17, 15) is 4.79 Å². The second-order valence-corrected chi connectivity index (χ2v) is 6.76. The molecule has 0 spiro atoms. The van der Waals surface area contributed by atoms with Crippen LogP contribution in [0.2, 0.25) is 0 Å². The van der Waals surface area contributed by atoms with Crippen LogP contribution in [-0.4, -0.2) is 31.6 Å². The van der Waals surface area contributed by atoms with Crippen molar-refractivity contribution in [2.75, 3.05) is 25.6 Å². The van der Waals surface area contributed by atoms with Gasteiger partial charge in [0.05, 0.1) is 12.2 Å². The molecule has 0 aliphatic rings. The molecule has 0 bridgehead atoms. The largest absolute Gasteiger partial charge is 0.483 e. The molecule has 1 atom stereocenters. The fraction of sp³-hybridized carbons (Fsp3) is 0.444. The van der Waals surface area contributed by atoms with E-state index in [1.54, 1.807) is 11.3 Å². The second-order valence-electron chi connectivity index (χ2n) is 5.93. The van der Waals surface area contributed by atoms with Gasteiger partial charge in [0.2, 0.25) is 0 Å². The molecule has 6 heteroatoms. The number of anilines is 1. The average Bonchev–Trinajstić information content (AvgIpc) is 3.07. The number of carbonyl (C=O) groups excluding carboxylic acids is 1. The number of hydrogen-bond acceptors (Lipinski definition) is 5. The molecular weight excluding hydrogens is 322 g/mol. The van der Waals surface area contributed by atoms with Crippen LogP contribution in [0.3, 0.4) is 0 Å². The maximum Gasteiger partial charge on any atom is 0.258 e. The molecule has 0 radical (unpaired) electrons. The van der Waals surface area contributed by atoms with E-state index < -0.39 is 0 Å². The van der Waals surface area contributed by atoms with Crippen LogP contribution in [0.25, 0.3) is 0 Å². The van der Waals surface area contributed by atoms with E-state index in [-0.39, 0.29) is 12.5 Å². The van der Waals surface area contributed by atoms with Crippen LogP contribution in [0.5, 0.6) is 5.75 Å². The summed E-state index contributed by atoms with van der Waals surface area (Å²) in [5.74, 6) is 1.04. The Balaban J connectivity index is 1.85. The van der Waals surface area contributed by atoms with Crippen LogP contribution in [0.1, 0.15) is 37.4 Å². The number of carbonyl (C=O) groups is 1. The molecule has 0 saturated heterocycles. The second kappa shape index (κ2) is 8.68. The van der Waals surface area contributed by atoms with Gasteiger partial charge in [-0.15, -0.1) is 11.3 Å². The van der Waals surface area contributed by atoms with Crippen molar-refractivity contribution in [3.05, 3.63) is 40.9 Å². The summed E-state index contributed by atoms with van der Waals surface area (Å²) in [5, 5.41) is 5.73. The van der Waals surface area contributed by atoms with E-state index in [1.807, 2.05) is 42.6 Å². The van der Waals surface area contributed by atoms with Crippen molar-refractivity contribution in [2.45, 2.75) is 32.7 Å². The smallest absolute Gasteiger partial charge is 0.258 e. The van der Waals surface area contributed by atoms with Crippen LogP contribution < -0.4 is 15.0 Å². The van der Waals surface area contributed by atoms with Crippen molar-refractivity contribution in [3.8, 4) is 5.75 Å². The summed E-state index contributed by atoms with van der Waals surface area (Å²) in [6.45, 7) is 4.73. The number of nitrogens with one attached hydrogen (secondary N) is 1. The number of aromatic nitrogens is 1. The maximum absolute atomic E-state index is 12.0. The highest BCUT2D eigenvalue weighted by molar-refractivity contribution is 7.13. The number of benzene rings is 1. The molecule has 0 aliphatic heterocycles. The molecule has 24 heavy (non-hydrogen) atoms. The molecule has 2 rings (SSSR count). The number of hydrogen-bond donors (Lipinski definition) is 1. The van der Waals surface area contributed by atoms with Crippen LogP contribution >= 0.6 is 11.3 Å². The number of amides is 1. The fourth-order valence-corrected chi connectivity index (χ4v) is 2.96. The Hall–Kier alpha value is -2.08. The summed E-state index contributed by atoms with van der Waals surface area (Å²) in [5.41, 5.74) is 2.00. The Labute approximate surface area is 147 Å². The van der Waals surface area contributed by atoms with Crippen molar-refractivity contribution in [2.24, 2.45) is 0 Å². The summed E-state index contributed by atoms with van der Waals surface area (Å²) >= 11 is 1.56.